The lowest BCUT2D eigenvalue weighted by Gasteiger charge is -2.17. The topological polar surface area (TPSA) is 26.3 Å². The number of furan rings is 2. The first kappa shape index (κ1) is 30.2. The molecule has 250 valence electrons. The predicted molar refractivity (Wildman–Crippen MR) is 225 cm³/mol. The van der Waals surface area contributed by atoms with Crippen LogP contribution in [-0.4, -0.2) is 0 Å². The largest absolute Gasteiger partial charge is 0.461 e. The highest BCUT2D eigenvalue weighted by Gasteiger charge is 2.23. The SMILES string of the molecule is Cc1ccc(-c2c3ccccc3c(-c3cccc4c3sc3cccc(-c5c6ccccc6c(-c6ccc(C)o6)c6ccccc56)c34)c3ccccc23)o1. The van der Waals surface area contributed by atoms with E-state index in [9.17, 15) is 0 Å². The molecule has 0 radical (unpaired) electrons. The van der Waals surface area contributed by atoms with Gasteiger partial charge in [0.1, 0.15) is 23.0 Å². The van der Waals surface area contributed by atoms with Gasteiger partial charge in [0.25, 0.3) is 0 Å². The summed E-state index contributed by atoms with van der Waals surface area (Å²) in [5, 5.41) is 12.2. The molecule has 0 aliphatic carbocycles. The monoisotopic (exact) mass is 696 g/mol. The van der Waals surface area contributed by atoms with Gasteiger partial charge in [-0.2, -0.15) is 0 Å². The van der Waals surface area contributed by atoms with Gasteiger partial charge in [-0.05, 0) is 104 Å². The van der Waals surface area contributed by atoms with Gasteiger partial charge in [0.15, 0.2) is 0 Å². The van der Waals surface area contributed by atoms with Crippen LogP contribution in [0.1, 0.15) is 11.5 Å². The minimum Gasteiger partial charge on any atom is -0.461 e. The van der Waals surface area contributed by atoms with Crippen LogP contribution in [0.25, 0.3) is 108 Å². The minimum atomic E-state index is 0.901. The van der Waals surface area contributed by atoms with Crippen molar-refractivity contribution < 1.29 is 8.83 Å². The van der Waals surface area contributed by atoms with Crippen molar-refractivity contribution in [2.24, 2.45) is 0 Å². The summed E-state index contributed by atoms with van der Waals surface area (Å²) in [6.45, 7) is 4.03. The van der Waals surface area contributed by atoms with Crippen molar-refractivity contribution in [3.8, 4) is 44.9 Å². The number of hydrogen-bond acceptors (Lipinski definition) is 3. The van der Waals surface area contributed by atoms with Gasteiger partial charge < -0.3 is 8.83 Å². The fraction of sp³-hybridized carbons (Fsp3) is 0.0400. The van der Waals surface area contributed by atoms with Crippen molar-refractivity contribution >= 4 is 74.6 Å². The molecule has 3 aromatic heterocycles. The Balaban J connectivity index is 1.24. The number of hydrogen-bond donors (Lipinski definition) is 0. The van der Waals surface area contributed by atoms with E-state index < -0.39 is 0 Å². The fourth-order valence-corrected chi connectivity index (χ4v) is 10.0. The van der Waals surface area contributed by atoms with Crippen LogP contribution >= 0.6 is 11.3 Å². The van der Waals surface area contributed by atoms with Crippen LogP contribution in [-0.2, 0) is 0 Å². The Morgan fingerprint density at radius 2 is 0.717 bits per heavy atom. The first-order valence-corrected chi connectivity index (χ1v) is 18.9. The minimum absolute atomic E-state index is 0.901. The molecule has 53 heavy (non-hydrogen) atoms. The highest BCUT2D eigenvalue weighted by Crippen LogP contribution is 2.51. The van der Waals surface area contributed by atoms with E-state index in [1.165, 1.54) is 85.5 Å². The van der Waals surface area contributed by atoms with Gasteiger partial charge in [-0.15, -0.1) is 11.3 Å². The summed E-state index contributed by atoms with van der Waals surface area (Å²) >= 11 is 1.89. The Hall–Kier alpha value is -6.42. The van der Waals surface area contributed by atoms with Crippen molar-refractivity contribution in [3.63, 3.8) is 0 Å². The van der Waals surface area contributed by atoms with Crippen molar-refractivity contribution in [1.29, 1.82) is 0 Å². The fourth-order valence-electron chi connectivity index (χ4n) is 8.76. The zero-order chi connectivity index (χ0) is 35.2. The van der Waals surface area contributed by atoms with Crippen molar-refractivity contribution in [3.05, 3.63) is 169 Å². The molecule has 0 fully saturated rings. The van der Waals surface area contributed by atoms with Crippen LogP contribution in [0.15, 0.2) is 167 Å². The van der Waals surface area contributed by atoms with Crippen LogP contribution in [0.3, 0.4) is 0 Å². The van der Waals surface area contributed by atoms with E-state index in [2.05, 4.69) is 158 Å². The van der Waals surface area contributed by atoms with Crippen LogP contribution in [0.2, 0.25) is 0 Å². The average molecular weight is 697 g/mol. The highest BCUT2D eigenvalue weighted by molar-refractivity contribution is 7.26. The summed E-state index contributed by atoms with van der Waals surface area (Å²) in [6.07, 6.45) is 0. The molecule has 0 aliphatic heterocycles. The summed E-state index contributed by atoms with van der Waals surface area (Å²) in [7, 11) is 0. The maximum atomic E-state index is 6.29. The second kappa shape index (κ2) is 11.5. The van der Waals surface area contributed by atoms with E-state index in [0.29, 0.717) is 0 Å². The molecule has 2 nitrogen and oxygen atoms in total. The molecule has 3 heterocycles. The van der Waals surface area contributed by atoms with Gasteiger partial charge in [0, 0.05) is 36.9 Å². The molecule has 0 atom stereocenters. The van der Waals surface area contributed by atoms with Crippen molar-refractivity contribution in [2.75, 3.05) is 0 Å². The van der Waals surface area contributed by atoms with Gasteiger partial charge in [-0.1, -0.05) is 127 Å². The molecule has 8 aromatic carbocycles. The average Bonchev–Trinajstić information content (AvgIpc) is 3.94. The number of thiophene rings is 1. The van der Waals surface area contributed by atoms with Crippen molar-refractivity contribution in [2.45, 2.75) is 13.8 Å². The standard InChI is InChI=1S/C50H32O2S/c1-29-25-27-42(51-29)47-35-17-7-3-13-31(35)45(32-14-4-8-18-36(32)47)39-21-12-24-44-49(39)41-23-11-22-40(50(41)53-44)46-33-15-5-9-19-37(33)48(43-28-26-30(2)52-43)38-20-10-6-16-34(38)46/h3-28H,1-2H3. The quantitative estimate of drug-likeness (QED) is 0.171. The van der Waals surface area contributed by atoms with Crippen LogP contribution < -0.4 is 0 Å². The molecular weight excluding hydrogens is 665 g/mol. The summed E-state index contributed by atoms with van der Waals surface area (Å²) in [5.74, 6) is 3.62. The molecule has 0 bridgehead atoms. The lowest BCUT2D eigenvalue weighted by molar-refractivity contribution is 0.549. The first-order valence-electron chi connectivity index (χ1n) is 18.1. The zero-order valence-corrected chi connectivity index (χ0v) is 30.1. The van der Waals surface area contributed by atoms with E-state index in [1.54, 1.807) is 0 Å². The van der Waals surface area contributed by atoms with E-state index in [1.807, 2.05) is 25.2 Å². The molecule has 0 amide bonds. The number of rotatable bonds is 4. The van der Waals surface area contributed by atoms with Gasteiger partial charge in [-0.25, -0.2) is 0 Å². The third-order valence-corrected chi connectivity index (χ3v) is 12.1. The van der Waals surface area contributed by atoms with Gasteiger partial charge in [-0.3, -0.25) is 0 Å². The normalized spacial score (nSPS) is 12.0. The van der Waals surface area contributed by atoms with Gasteiger partial charge >= 0.3 is 0 Å². The summed E-state index contributed by atoms with van der Waals surface area (Å²) in [5.41, 5.74) is 7.31. The maximum absolute atomic E-state index is 6.29. The summed E-state index contributed by atoms with van der Waals surface area (Å²) in [6, 6.07) is 57.3. The lowest BCUT2D eigenvalue weighted by Crippen LogP contribution is -1.91. The molecule has 0 saturated heterocycles. The summed E-state index contributed by atoms with van der Waals surface area (Å²) < 4.78 is 15.2. The maximum Gasteiger partial charge on any atom is 0.135 e. The van der Waals surface area contributed by atoms with Gasteiger partial charge in [0.2, 0.25) is 0 Å². The van der Waals surface area contributed by atoms with Crippen LogP contribution in [0, 0.1) is 13.8 Å². The molecule has 0 saturated carbocycles. The smallest absolute Gasteiger partial charge is 0.135 e. The first-order chi connectivity index (χ1) is 26.1. The third kappa shape index (κ3) is 4.44. The number of aryl methyl sites for hydroxylation is 2. The second-order valence-corrected chi connectivity index (χ2v) is 15.0. The molecular formula is C50H32O2S. The Bertz CT molecular complexity index is 3150. The number of benzene rings is 8. The summed E-state index contributed by atoms with van der Waals surface area (Å²) in [4.78, 5) is 0. The Morgan fingerprint density at radius 1 is 0.340 bits per heavy atom. The third-order valence-electron chi connectivity index (χ3n) is 10.9. The van der Waals surface area contributed by atoms with Gasteiger partial charge in [0.05, 0.1) is 0 Å². The molecule has 3 heteroatoms. The number of fused-ring (bicyclic) bond motifs is 7. The lowest BCUT2D eigenvalue weighted by atomic mass is 9.85. The van der Waals surface area contributed by atoms with E-state index in [4.69, 9.17) is 8.83 Å². The Morgan fingerprint density at radius 3 is 1.15 bits per heavy atom. The molecule has 11 aromatic rings. The Labute approximate surface area is 310 Å². The molecule has 0 N–H and O–H groups in total. The molecule has 0 unspecified atom stereocenters. The van der Waals surface area contributed by atoms with Crippen LogP contribution in [0.4, 0.5) is 0 Å². The molecule has 0 aliphatic rings. The molecule has 11 rings (SSSR count). The molecule has 0 spiro atoms. The van der Waals surface area contributed by atoms with E-state index in [0.717, 1.165) is 34.2 Å². The zero-order valence-electron chi connectivity index (χ0n) is 29.2. The van der Waals surface area contributed by atoms with E-state index in [-0.39, 0.29) is 0 Å². The van der Waals surface area contributed by atoms with E-state index >= 15 is 0 Å². The van der Waals surface area contributed by atoms with Crippen LogP contribution in [0.5, 0.6) is 0 Å². The highest BCUT2D eigenvalue weighted by atomic mass is 32.1. The second-order valence-electron chi connectivity index (χ2n) is 14.0. The van der Waals surface area contributed by atoms with Crippen molar-refractivity contribution in [1.82, 2.24) is 0 Å². The predicted octanol–water partition coefficient (Wildman–Crippen LogP) is 15.1. The Kier molecular flexibility index (Phi) is 6.58.